The lowest BCUT2D eigenvalue weighted by Crippen LogP contribution is -2.43. The van der Waals surface area contributed by atoms with Crippen LogP contribution in [0.4, 0.5) is 4.79 Å². The molecule has 0 unspecified atom stereocenters. The molecule has 0 aromatic heterocycles. The lowest BCUT2D eigenvalue weighted by molar-refractivity contribution is 0.0696. The Hall–Kier alpha value is -2.02. The van der Waals surface area contributed by atoms with Gasteiger partial charge in [-0.3, -0.25) is 0 Å². The molecule has 1 aromatic rings. The quantitative estimate of drug-likeness (QED) is 0.845. The molecular weight excluding hydrogens is 276 g/mol. The van der Waals surface area contributed by atoms with Crippen molar-refractivity contribution in [3.63, 3.8) is 0 Å². The van der Waals surface area contributed by atoms with E-state index in [0.29, 0.717) is 25.6 Å². The SMILES string of the molecule is CC(C)CC1(C#N)CCN(C(=O)OCc2ccccc2)CC1. The zero-order chi connectivity index (χ0) is 16.0. The molecule has 1 aliphatic heterocycles. The van der Waals surface area contributed by atoms with Gasteiger partial charge in [0.15, 0.2) is 0 Å². The van der Waals surface area contributed by atoms with Gasteiger partial charge in [-0.15, -0.1) is 0 Å². The van der Waals surface area contributed by atoms with E-state index >= 15 is 0 Å². The zero-order valence-electron chi connectivity index (χ0n) is 13.4. The zero-order valence-corrected chi connectivity index (χ0v) is 13.4. The number of rotatable bonds is 4. The average Bonchev–Trinajstić information content (AvgIpc) is 2.53. The van der Waals surface area contributed by atoms with Crippen LogP contribution in [0.3, 0.4) is 0 Å². The molecule has 0 spiro atoms. The maximum Gasteiger partial charge on any atom is 0.410 e. The highest BCUT2D eigenvalue weighted by Crippen LogP contribution is 2.37. The van der Waals surface area contributed by atoms with E-state index in [2.05, 4.69) is 19.9 Å². The third-order valence-corrected chi connectivity index (χ3v) is 4.22. The summed E-state index contributed by atoms with van der Waals surface area (Å²) in [6, 6.07) is 12.2. The molecule has 0 saturated carbocycles. The molecule has 1 fully saturated rings. The number of hydrogen-bond acceptors (Lipinski definition) is 3. The van der Waals surface area contributed by atoms with Crippen molar-refractivity contribution in [3.05, 3.63) is 35.9 Å². The van der Waals surface area contributed by atoms with Crippen molar-refractivity contribution in [2.45, 2.75) is 39.7 Å². The highest BCUT2D eigenvalue weighted by atomic mass is 16.6. The van der Waals surface area contributed by atoms with Crippen LogP contribution in [-0.2, 0) is 11.3 Å². The van der Waals surface area contributed by atoms with Crippen molar-refractivity contribution >= 4 is 6.09 Å². The second-order valence-corrected chi connectivity index (χ2v) is 6.52. The van der Waals surface area contributed by atoms with Crippen LogP contribution in [-0.4, -0.2) is 24.1 Å². The molecule has 4 nitrogen and oxygen atoms in total. The van der Waals surface area contributed by atoms with Gasteiger partial charge in [0, 0.05) is 13.1 Å². The fourth-order valence-electron chi connectivity index (χ4n) is 3.07. The summed E-state index contributed by atoms with van der Waals surface area (Å²) >= 11 is 0. The van der Waals surface area contributed by atoms with Gasteiger partial charge in [0.2, 0.25) is 0 Å². The van der Waals surface area contributed by atoms with Crippen molar-refractivity contribution in [2.75, 3.05) is 13.1 Å². The molecule has 1 aromatic carbocycles. The van der Waals surface area contributed by atoms with E-state index < -0.39 is 0 Å². The van der Waals surface area contributed by atoms with E-state index in [1.54, 1.807) is 4.90 Å². The van der Waals surface area contributed by atoms with Gasteiger partial charge in [-0.25, -0.2) is 4.79 Å². The highest BCUT2D eigenvalue weighted by Gasteiger charge is 2.36. The summed E-state index contributed by atoms with van der Waals surface area (Å²) in [5, 5.41) is 9.48. The van der Waals surface area contributed by atoms with Crippen molar-refractivity contribution < 1.29 is 9.53 Å². The number of benzene rings is 1. The summed E-state index contributed by atoms with van der Waals surface area (Å²) in [6.07, 6.45) is 2.10. The van der Waals surface area contributed by atoms with Crippen LogP contribution >= 0.6 is 0 Å². The van der Waals surface area contributed by atoms with Gasteiger partial charge >= 0.3 is 6.09 Å². The molecule has 0 radical (unpaired) electrons. The third kappa shape index (κ3) is 4.24. The largest absolute Gasteiger partial charge is 0.445 e. The molecule has 1 saturated heterocycles. The lowest BCUT2D eigenvalue weighted by atomic mass is 9.74. The third-order valence-electron chi connectivity index (χ3n) is 4.22. The predicted octanol–water partition coefficient (Wildman–Crippen LogP) is 3.98. The summed E-state index contributed by atoms with van der Waals surface area (Å²) in [6.45, 7) is 5.78. The first-order valence-corrected chi connectivity index (χ1v) is 7.91. The van der Waals surface area contributed by atoms with Crippen LogP contribution in [0.2, 0.25) is 0 Å². The van der Waals surface area contributed by atoms with E-state index in [4.69, 9.17) is 4.74 Å². The molecule has 0 N–H and O–H groups in total. The van der Waals surface area contributed by atoms with Gasteiger partial charge in [0.05, 0.1) is 11.5 Å². The molecule has 118 valence electrons. The number of nitrogens with zero attached hydrogens (tertiary/aromatic N) is 2. The van der Waals surface area contributed by atoms with Crippen LogP contribution in [0.5, 0.6) is 0 Å². The van der Waals surface area contributed by atoms with Gasteiger partial charge in [0.1, 0.15) is 6.61 Å². The van der Waals surface area contributed by atoms with Gasteiger partial charge in [-0.1, -0.05) is 44.2 Å². The summed E-state index contributed by atoms with van der Waals surface area (Å²) < 4.78 is 5.35. The van der Waals surface area contributed by atoms with Crippen molar-refractivity contribution in [1.29, 1.82) is 5.26 Å². The highest BCUT2D eigenvalue weighted by molar-refractivity contribution is 5.67. The van der Waals surface area contributed by atoms with E-state index in [1.165, 1.54) is 0 Å². The Balaban J connectivity index is 1.83. The Bertz CT molecular complexity index is 526. The topological polar surface area (TPSA) is 53.3 Å². The standard InChI is InChI=1S/C18H24N2O2/c1-15(2)12-18(14-19)8-10-20(11-9-18)17(21)22-13-16-6-4-3-5-7-16/h3-7,15H,8-13H2,1-2H3. The first-order valence-electron chi connectivity index (χ1n) is 7.91. The summed E-state index contributed by atoms with van der Waals surface area (Å²) in [5.41, 5.74) is 0.712. The molecule has 1 amide bonds. The van der Waals surface area contributed by atoms with E-state index in [0.717, 1.165) is 24.8 Å². The minimum absolute atomic E-state index is 0.273. The number of likely N-dealkylation sites (tertiary alicyclic amines) is 1. The number of nitriles is 1. The Kier molecular flexibility index (Phi) is 5.43. The van der Waals surface area contributed by atoms with Crippen molar-refractivity contribution in [2.24, 2.45) is 11.3 Å². The average molecular weight is 300 g/mol. The van der Waals surface area contributed by atoms with Gasteiger partial charge in [-0.2, -0.15) is 5.26 Å². The number of ether oxygens (including phenoxy) is 1. The van der Waals surface area contributed by atoms with Gasteiger partial charge in [0.25, 0.3) is 0 Å². The van der Waals surface area contributed by atoms with Crippen LogP contribution in [0.25, 0.3) is 0 Å². The molecule has 0 aliphatic carbocycles. The Morgan fingerprint density at radius 1 is 1.32 bits per heavy atom. The summed E-state index contributed by atoms with van der Waals surface area (Å²) in [4.78, 5) is 13.8. The van der Waals surface area contributed by atoms with Crippen LogP contribution in [0.1, 0.15) is 38.7 Å². The lowest BCUT2D eigenvalue weighted by Gasteiger charge is -2.37. The monoisotopic (exact) mass is 300 g/mol. The normalized spacial score (nSPS) is 17.1. The smallest absolute Gasteiger partial charge is 0.410 e. The molecule has 22 heavy (non-hydrogen) atoms. The fourth-order valence-corrected chi connectivity index (χ4v) is 3.07. The summed E-state index contributed by atoms with van der Waals surface area (Å²) in [7, 11) is 0. The van der Waals surface area contributed by atoms with Crippen molar-refractivity contribution in [3.8, 4) is 6.07 Å². The predicted molar refractivity (Wildman–Crippen MR) is 84.9 cm³/mol. The Morgan fingerprint density at radius 3 is 2.50 bits per heavy atom. The maximum atomic E-state index is 12.1. The maximum absolute atomic E-state index is 12.1. The number of carbonyl (C=O) groups excluding carboxylic acids is 1. The summed E-state index contributed by atoms with van der Waals surface area (Å²) in [5.74, 6) is 0.497. The minimum Gasteiger partial charge on any atom is -0.445 e. The molecule has 0 bridgehead atoms. The van der Waals surface area contributed by atoms with Crippen molar-refractivity contribution in [1.82, 2.24) is 4.90 Å². The number of piperidine rings is 1. The Morgan fingerprint density at radius 2 is 1.95 bits per heavy atom. The van der Waals surface area contributed by atoms with E-state index in [9.17, 15) is 10.1 Å². The van der Waals surface area contributed by atoms with Gasteiger partial charge < -0.3 is 9.64 Å². The first kappa shape index (κ1) is 16.4. The van der Waals surface area contributed by atoms with Crippen LogP contribution in [0, 0.1) is 22.7 Å². The molecule has 0 atom stereocenters. The number of hydrogen-bond donors (Lipinski definition) is 0. The van der Waals surface area contributed by atoms with E-state index in [1.807, 2.05) is 30.3 Å². The molecule has 2 rings (SSSR count). The minimum atomic E-state index is -0.278. The van der Waals surface area contributed by atoms with E-state index in [-0.39, 0.29) is 11.5 Å². The first-order chi connectivity index (χ1) is 10.5. The molecule has 1 heterocycles. The second-order valence-electron chi connectivity index (χ2n) is 6.52. The molecule has 1 aliphatic rings. The second kappa shape index (κ2) is 7.31. The molecule has 4 heteroatoms. The molecular formula is C18H24N2O2. The fraction of sp³-hybridized carbons (Fsp3) is 0.556. The van der Waals surface area contributed by atoms with Crippen LogP contribution in [0.15, 0.2) is 30.3 Å². The van der Waals surface area contributed by atoms with Crippen LogP contribution < -0.4 is 0 Å². The van der Waals surface area contributed by atoms with Gasteiger partial charge in [-0.05, 0) is 30.7 Å². The number of carbonyl (C=O) groups is 1. The Labute approximate surface area is 132 Å². The number of amides is 1.